The second-order valence-electron chi connectivity index (χ2n) is 3.81. The summed E-state index contributed by atoms with van der Waals surface area (Å²) in [4.78, 5) is 10.3. The third-order valence-electron chi connectivity index (χ3n) is 2.86. The van der Waals surface area contributed by atoms with E-state index in [1.807, 2.05) is 7.05 Å². The molecule has 5 N–H and O–H groups in total. The van der Waals surface area contributed by atoms with Crippen LogP contribution in [0.25, 0.3) is 0 Å². The van der Waals surface area contributed by atoms with Crippen molar-refractivity contribution >= 4 is 17.6 Å². The van der Waals surface area contributed by atoms with Gasteiger partial charge < -0.3 is 16.1 Å². The topological polar surface area (TPSA) is 93.1 Å². The van der Waals surface area contributed by atoms with E-state index in [2.05, 4.69) is 20.3 Å². The Kier molecular flexibility index (Phi) is 2.59. The van der Waals surface area contributed by atoms with Crippen LogP contribution in [0.15, 0.2) is 6.07 Å². The fourth-order valence-corrected chi connectivity index (χ4v) is 1.67. The van der Waals surface area contributed by atoms with E-state index in [9.17, 15) is 0 Å². The smallest absolute Gasteiger partial charge is 0.223 e. The Hall–Kier alpha value is -1.56. The number of hydrogen-bond donors (Lipinski definition) is 3. The van der Waals surface area contributed by atoms with Crippen LogP contribution in [0, 0.1) is 0 Å². The molecule has 1 heterocycles. The number of hydrogen-bond acceptors (Lipinski definition) is 6. The van der Waals surface area contributed by atoms with Gasteiger partial charge in [-0.2, -0.15) is 9.97 Å². The molecule has 1 saturated carbocycles. The standard InChI is InChI=1S/C9H16N6/c1-15(6-3-2-4-6)8-5-7(14-11)12-9(10)13-8/h5-6H,2-4,11H2,1H3,(H3,10,12,13,14). The Bertz CT molecular complexity index is 348. The van der Waals surface area contributed by atoms with E-state index in [1.165, 1.54) is 19.3 Å². The summed E-state index contributed by atoms with van der Waals surface area (Å²) in [5, 5.41) is 0. The molecule has 0 atom stereocenters. The summed E-state index contributed by atoms with van der Waals surface area (Å²) in [7, 11) is 2.02. The van der Waals surface area contributed by atoms with E-state index >= 15 is 0 Å². The van der Waals surface area contributed by atoms with Crippen molar-refractivity contribution < 1.29 is 0 Å². The first-order chi connectivity index (χ1) is 7.20. The molecular weight excluding hydrogens is 192 g/mol. The molecule has 1 aromatic rings. The third-order valence-corrected chi connectivity index (χ3v) is 2.86. The number of nitrogen functional groups attached to an aromatic ring is 2. The van der Waals surface area contributed by atoms with Crippen molar-refractivity contribution in [2.45, 2.75) is 25.3 Å². The molecule has 0 aliphatic heterocycles. The van der Waals surface area contributed by atoms with E-state index in [1.54, 1.807) is 6.07 Å². The first kappa shape index (κ1) is 9.97. The molecule has 82 valence electrons. The monoisotopic (exact) mass is 208 g/mol. The van der Waals surface area contributed by atoms with E-state index in [4.69, 9.17) is 11.6 Å². The molecule has 1 aromatic heterocycles. The number of rotatable bonds is 3. The molecular formula is C9H16N6. The van der Waals surface area contributed by atoms with E-state index in [0.717, 1.165) is 5.82 Å². The van der Waals surface area contributed by atoms with Crippen molar-refractivity contribution in [2.24, 2.45) is 5.84 Å². The van der Waals surface area contributed by atoms with Gasteiger partial charge in [0, 0.05) is 19.2 Å². The summed E-state index contributed by atoms with van der Waals surface area (Å²) in [5.41, 5.74) is 8.07. The third kappa shape index (κ3) is 1.94. The van der Waals surface area contributed by atoms with Gasteiger partial charge in [0.2, 0.25) is 5.95 Å². The average Bonchev–Trinajstić information content (AvgIpc) is 2.14. The maximum Gasteiger partial charge on any atom is 0.223 e. The average molecular weight is 208 g/mol. The lowest BCUT2D eigenvalue weighted by Gasteiger charge is -2.35. The molecule has 1 fully saturated rings. The lowest BCUT2D eigenvalue weighted by molar-refractivity contribution is 0.399. The SMILES string of the molecule is CN(c1cc(NN)nc(N)n1)C1CCC1. The van der Waals surface area contributed by atoms with Gasteiger partial charge in [-0.25, -0.2) is 5.84 Å². The largest absolute Gasteiger partial charge is 0.368 e. The number of nitrogens with zero attached hydrogens (tertiary/aromatic N) is 3. The van der Waals surface area contributed by atoms with Crippen LogP contribution in [0.5, 0.6) is 0 Å². The highest BCUT2D eigenvalue weighted by atomic mass is 15.3. The van der Waals surface area contributed by atoms with Crippen LogP contribution in [0.3, 0.4) is 0 Å². The molecule has 0 amide bonds. The summed E-state index contributed by atoms with van der Waals surface area (Å²) < 4.78 is 0. The van der Waals surface area contributed by atoms with Gasteiger partial charge in [-0.15, -0.1) is 0 Å². The molecule has 6 nitrogen and oxygen atoms in total. The first-order valence-corrected chi connectivity index (χ1v) is 5.04. The maximum atomic E-state index is 5.59. The van der Waals surface area contributed by atoms with Crippen molar-refractivity contribution in [3.05, 3.63) is 6.07 Å². The van der Waals surface area contributed by atoms with Gasteiger partial charge in [0.1, 0.15) is 11.6 Å². The molecule has 2 rings (SSSR count). The lowest BCUT2D eigenvalue weighted by atomic mass is 9.92. The number of anilines is 3. The number of aromatic nitrogens is 2. The zero-order valence-electron chi connectivity index (χ0n) is 8.77. The second kappa shape index (κ2) is 3.90. The van der Waals surface area contributed by atoms with Crippen LogP contribution in [0.2, 0.25) is 0 Å². The van der Waals surface area contributed by atoms with Crippen LogP contribution in [0.1, 0.15) is 19.3 Å². The van der Waals surface area contributed by atoms with Crippen molar-refractivity contribution in [1.82, 2.24) is 9.97 Å². The highest BCUT2D eigenvalue weighted by Crippen LogP contribution is 2.28. The quantitative estimate of drug-likeness (QED) is 0.489. The van der Waals surface area contributed by atoms with Crippen molar-refractivity contribution in [2.75, 3.05) is 23.1 Å². The van der Waals surface area contributed by atoms with Crippen LogP contribution < -0.4 is 21.9 Å². The molecule has 0 unspecified atom stereocenters. The van der Waals surface area contributed by atoms with E-state index in [-0.39, 0.29) is 5.95 Å². The summed E-state index contributed by atoms with van der Waals surface area (Å²) in [5.74, 6) is 6.90. The molecule has 1 aliphatic rings. The van der Waals surface area contributed by atoms with Crippen molar-refractivity contribution in [3.8, 4) is 0 Å². The van der Waals surface area contributed by atoms with Gasteiger partial charge in [0.05, 0.1) is 0 Å². The van der Waals surface area contributed by atoms with Gasteiger partial charge >= 0.3 is 0 Å². The van der Waals surface area contributed by atoms with Crippen molar-refractivity contribution in [1.29, 1.82) is 0 Å². The minimum absolute atomic E-state index is 0.242. The molecule has 0 aromatic carbocycles. The van der Waals surface area contributed by atoms with Crippen LogP contribution in [0.4, 0.5) is 17.6 Å². The van der Waals surface area contributed by atoms with E-state index < -0.39 is 0 Å². The molecule has 1 aliphatic carbocycles. The van der Waals surface area contributed by atoms with Crippen molar-refractivity contribution in [3.63, 3.8) is 0 Å². The summed E-state index contributed by atoms with van der Waals surface area (Å²) >= 11 is 0. The first-order valence-electron chi connectivity index (χ1n) is 5.04. The van der Waals surface area contributed by atoms with Crippen LogP contribution >= 0.6 is 0 Å². The lowest BCUT2D eigenvalue weighted by Crippen LogP contribution is -2.37. The second-order valence-corrected chi connectivity index (χ2v) is 3.81. The summed E-state index contributed by atoms with van der Waals surface area (Å²) in [6, 6.07) is 2.37. The predicted molar refractivity (Wildman–Crippen MR) is 60.3 cm³/mol. The molecule has 0 radical (unpaired) electrons. The van der Waals surface area contributed by atoms with Gasteiger partial charge in [-0.05, 0) is 19.3 Å². The number of nitrogens with two attached hydrogens (primary N) is 2. The summed E-state index contributed by atoms with van der Waals surface area (Å²) in [6.07, 6.45) is 3.72. The minimum atomic E-state index is 0.242. The maximum absolute atomic E-state index is 5.59. The van der Waals surface area contributed by atoms with Gasteiger partial charge in [0.15, 0.2) is 0 Å². The Morgan fingerprint density at radius 1 is 1.47 bits per heavy atom. The van der Waals surface area contributed by atoms with Gasteiger partial charge in [-0.1, -0.05) is 0 Å². The Morgan fingerprint density at radius 3 is 2.73 bits per heavy atom. The molecule has 0 spiro atoms. The molecule has 15 heavy (non-hydrogen) atoms. The normalized spacial score (nSPS) is 15.9. The highest BCUT2D eigenvalue weighted by Gasteiger charge is 2.23. The Balaban J connectivity index is 2.22. The molecule has 6 heteroatoms. The molecule has 0 bridgehead atoms. The van der Waals surface area contributed by atoms with Crippen LogP contribution in [-0.4, -0.2) is 23.1 Å². The van der Waals surface area contributed by atoms with Crippen LogP contribution in [-0.2, 0) is 0 Å². The molecule has 0 saturated heterocycles. The predicted octanol–water partition coefficient (Wildman–Crippen LogP) is 0.333. The zero-order valence-corrected chi connectivity index (χ0v) is 8.77. The summed E-state index contributed by atoms with van der Waals surface area (Å²) in [6.45, 7) is 0. The van der Waals surface area contributed by atoms with E-state index in [0.29, 0.717) is 11.9 Å². The fourth-order valence-electron chi connectivity index (χ4n) is 1.67. The Morgan fingerprint density at radius 2 is 2.20 bits per heavy atom. The Labute approximate surface area is 88.6 Å². The zero-order chi connectivity index (χ0) is 10.8. The van der Waals surface area contributed by atoms with Gasteiger partial charge in [-0.3, -0.25) is 0 Å². The highest BCUT2D eigenvalue weighted by molar-refractivity contribution is 5.52. The van der Waals surface area contributed by atoms with Gasteiger partial charge in [0.25, 0.3) is 0 Å². The number of hydrazine groups is 1. The minimum Gasteiger partial charge on any atom is -0.368 e. The fraction of sp³-hybridized carbons (Fsp3) is 0.556. The number of nitrogens with one attached hydrogen (secondary N) is 1.